The molecule has 0 aliphatic heterocycles. The fourth-order valence-electron chi connectivity index (χ4n) is 2.14. The summed E-state index contributed by atoms with van der Waals surface area (Å²) in [6.07, 6.45) is 1.90. The third-order valence-corrected chi connectivity index (χ3v) is 3.07. The summed E-state index contributed by atoms with van der Waals surface area (Å²) >= 11 is 0. The van der Waals surface area contributed by atoms with E-state index in [0.717, 1.165) is 17.0 Å². The highest BCUT2D eigenvalue weighted by Crippen LogP contribution is 2.25. The van der Waals surface area contributed by atoms with Crippen molar-refractivity contribution in [1.82, 2.24) is 15.1 Å². The van der Waals surface area contributed by atoms with Crippen molar-refractivity contribution < 1.29 is 8.91 Å². The molecule has 2 heterocycles. The van der Waals surface area contributed by atoms with E-state index in [1.165, 1.54) is 6.33 Å². The summed E-state index contributed by atoms with van der Waals surface area (Å²) in [5, 5.41) is 6.94. The van der Waals surface area contributed by atoms with Crippen LogP contribution in [0, 0.1) is 19.7 Å². The first kappa shape index (κ1) is 13.5. The Morgan fingerprint density at radius 2 is 2.11 bits per heavy atom. The van der Waals surface area contributed by atoms with Crippen LogP contribution in [-0.4, -0.2) is 15.1 Å². The highest BCUT2D eigenvalue weighted by atomic mass is 19.1. The van der Waals surface area contributed by atoms with Crippen LogP contribution in [0.3, 0.4) is 0 Å². The van der Waals surface area contributed by atoms with E-state index in [2.05, 4.69) is 20.4 Å². The standard InChI is InChI=1S/C13H17FN4O/c1-5-10-12(14)13(16-6-15-10)17-7(2)11-8(3)18-19-9(11)4/h6-7H,5H2,1-4H3,(H,15,16,17). The zero-order valence-electron chi connectivity index (χ0n) is 11.5. The van der Waals surface area contributed by atoms with Crippen molar-refractivity contribution in [3.63, 3.8) is 0 Å². The zero-order chi connectivity index (χ0) is 14.0. The SMILES string of the molecule is CCc1ncnc(NC(C)c2c(C)noc2C)c1F. The van der Waals surface area contributed by atoms with E-state index in [1.54, 1.807) is 0 Å². The quantitative estimate of drug-likeness (QED) is 0.919. The second-order valence-corrected chi connectivity index (χ2v) is 4.44. The number of hydrogen-bond donors (Lipinski definition) is 1. The van der Waals surface area contributed by atoms with Crippen LogP contribution in [0.25, 0.3) is 0 Å². The van der Waals surface area contributed by atoms with Gasteiger partial charge in [-0.05, 0) is 27.2 Å². The third kappa shape index (κ3) is 2.57. The van der Waals surface area contributed by atoms with Crippen LogP contribution in [0.1, 0.15) is 42.6 Å². The first-order valence-corrected chi connectivity index (χ1v) is 6.23. The largest absolute Gasteiger partial charge is 0.361 e. The lowest BCUT2D eigenvalue weighted by atomic mass is 10.1. The molecule has 1 atom stereocenters. The van der Waals surface area contributed by atoms with Crippen LogP contribution in [0.2, 0.25) is 0 Å². The summed E-state index contributed by atoms with van der Waals surface area (Å²) in [5.74, 6) is 0.533. The molecule has 2 aromatic rings. The number of rotatable bonds is 4. The van der Waals surface area contributed by atoms with Gasteiger partial charge in [0, 0.05) is 5.56 Å². The van der Waals surface area contributed by atoms with Crippen molar-refractivity contribution in [2.45, 2.75) is 40.2 Å². The Morgan fingerprint density at radius 3 is 2.68 bits per heavy atom. The molecule has 0 saturated carbocycles. The average molecular weight is 264 g/mol. The summed E-state index contributed by atoms with van der Waals surface area (Å²) in [6, 6.07) is -0.139. The third-order valence-electron chi connectivity index (χ3n) is 3.07. The van der Waals surface area contributed by atoms with Gasteiger partial charge in [-0.1, -0.05) is 12.1 Å². The maximum absolute atomic E-state index is 14.0. The van der Waals surface area contributed by atoms with Gasteiger partial charge in [0.25, 0.3) is 0 Å². The fourth-order valence-corrected chi connectivity index (χ4v) is 2.14. The highest BCUT2D eigenvalue weighted by molar-refractivity contribution is 5.41. The molecule has 2 rings (SSSR count). The second-order valence-electron chi connectivity index (χ2n) is 4.44. The summed E-state index contributed by atoms with van der Waals surface area (Å²) in [7, 11) is 0. The monoisotopic (exact) mass is 264 g/mol. The summed E-state index contributed by atoms with van der Waals surface area (Å²) in [5.41, 5.74) is 2.13. The van der Waals surface area contributed by atoms with Crippen molar-refractivity contribution >= 4 is 5.82 Å². The molecule has 0 aliphatic carbocycles. The van der Waals surface area contributed by atoms with Gasteiger partial charge in [-0.15, -0.1) is 0 Å². The smallest absolute Gasteiger partial charge is 0.186 e. The molecule has 6 heteroatoms. The summed E-state index contributed by atoms with van der Waals surface area (Å²) in [6.45, 7) is 7.46. The van der Waals surface area contributed by atoms with Crippen LogP contribution in [0.4, 0.5) is 10.2 Å². The van der Waals surface area contributed by atoms with E-state index in [4.69, 9.17) is 4.52 Å². The van der Waals surface area contributed by atoms with Gasteiger partial charge >= 0.3 is 0 Å². The van der Waals surface area contributed by atoms with Gasteiger partial charge in [0.05, 0.1) is 17.4 Å². The maximum Gasteiger partial charge on any atom is 0.186 e. The molecule has 0 amide bonds. The Bertz CT molecular complexity index is 563. The zero-order valence-corrected chi connectivity index (χ0v) is 11.5. The minimum absolute atomic E-state index is 0.139. The van der Waals surface area contributed by atoms with Crippen LogP contribution in [0.5, 0.6) is 0 Å². The molecule has 0 spiro atoms. The molecule has 0 bridgehead atoms. The maximum atomic E-state index is 14.0. The molecule has 0 fully saturated rings. The molecule has 0 radical (unpaired) electrons. The highest BCUT2D eigenvalue weighted by Gasteiger charge is 2.19. The number of nitrogens with zero attached hydrogens (tertiary/aromatic N) is 3. The number of halogens is 1. The van der Waals surface area contributed by atoms with E-state index in [-0.39, 0.29) is 11.9 Å². The Kier molecular flexibility index (Phi) is 3.78. The van der Waals surface area contributed by atoms with Gasteiger partial charge < -0.3 is 9.84 Å². The van der Waals surface area contributed by atoms with Gasteiger partial charge in [0.15, 0.2) is 11.6 Å². The molecule has 19 heavy (non-hydrogen) atoms. The molecule has 1 N–H and O–H groups in total. The minimum atomic E-state index is -0.399. The molecule has 2 aromatic heterocycles. The van der Waals surface area contributed by atoms with Crippen molar-refractivity contribution in [3.05, 3.63) is 34.9 Å². The van der Waals surface area contributed by atoms with Gasteiger partial charge in [0.2, 0.25) is 0 Å². The molecule has 1 unspecified atom stereocenters. The van der Waals surface area contributed by atoms with Crippen LogP contribution in [-0.2, 0) is 6.42 Å². The van der Waals surface area contributed by atoms with E-state index in [1.807, 2.05) is 27.7 Å². The van der Waals surface area contributed by atoms with Crippen LogP contribution >= 0.6 is 0 Å². The van der Waals surface area contributed by atoms with Gasteiger partial charge in [-0.2, -0.15) is 0 Å². The Hall–Kier alpha value is -1.98. The Balaban J connectivity index is 2.27. The number of anilines is 1. The number of nitrogens with one attached hydrogen (secondary N) is 1. The minimum Gasteiger partial charge on any atom is -0.361 e. The van der Waals surface area contributed by atoms with Crippen molar-refractivity contribution in [3.8, 4) is 0 Å². The molecular weight excluding hydrogens is 247 g/mol. The molecule has 102 valence electrons. The lowest BCUT2D eigenvalue weighted by Gasteiger charge is -2.15. The van der Waals surface area contributed by atoms with Crippen molar-refractivity contribution in [1.29, 1.82) is 0 Å². The lowest BCUT2D eigenvalue weighted by molar-refractivity contribution is 0.392. The fraction of sp³-hybridized carbons (Fsp3) is 0.462. The molecule has 0 saturated heterocycles. The molecule has 5 nitrogen and oxygen atoms in total. The van der Waals surface area contributed by atoms with Gasteiger partial charge in [-0.25, -0.2) is 14.4 Å². The lowest BCUT2D eigenvalue weighted by Crippen LogP contribution is -2.12. The van der Waals surface area contributed by atoms with Gasteiger partial charge in [0.1, 0.15) is 12.1 Å². The summed E-state index contributed by atoms with van der Waals surface area (Å²) in [4.78, 5) is 7.85. The number of aryl methyl sites for hydroxylation is 3. The molecule has 0 aliphatic rings. The Labute approximate surface area is 111 Å². The van der Waals surface area contributed by atoms with Crippen LogP contribution < -0.4 is 5.32 Å². The average Bonchev–Trinajstić information content (AvgIpc) is 2.71. The first-order chi connectivity index (χ1) is 9.04. The van der Waals surface area contributed by atoms with E-state index in [0.29, 0.717) is 12.1 Å². The van der Waals surface area contributed by atoms with Crippen molar-refractivity contribution in [2.24, 2.45) is 0 Å². The van der Waals surface area contributed by atoms with Gasteiger partial charge in [-0.3, -0.25) is 0 Å². The second kappa shape index (κ2) is 5.34. The first-order valence-electron chi connectivity index (χ1n) is 6.23. The van der Waals surface area contributed by atoms with E-state index >= 15 is 0 Å². The topological polar surface area (TPSA) is 63.8 Å². The normalized spacial score (nSPS) is 12.5. The predicted molar refractivity (Wildman–Crippen MR) is 69.4 cm³/mol. The Morgan fingerprint density at radius 1 is 1.37 bits per heavy atom. The van der Waals surface area contributed by atoms with E-state index in [9.17, 15) is 4.39 Å². The molecule has 0 aromatic carbocycles. The number of aromatic nitrogens is 3. The predicted octanol–water partition coefficient (Wildman–Crippen LogP) is 2.96. The number of hydrogen-bond acceptors (Lipinski definition) is 5. The summed E-state index contributed by atoms with van der Waals surface area (Å²) < 4.78 is 19.2. The van der Waals surface area contributed by atoms with E-state index < -0.39 is 5.82 Å². The van der Waals surface area contributed by atoms with Crippen molar-refractivity contribution in [2.75, 3.05) is 5.32 Å². The molecular formula is C13H17FN4O. The van der Waals surface area contributed by atoms with Crippen LogP contribution in [0.15, 0.2) is 10.9 Å².